The van der Waals surface area contributed by atoms with Crippen molar-refractivity contribution in [1.29, 1.82) is 0 Å². The van der Waals surface area contributed by atoms with Crippen molar-refractivity contribution >= 4 is 33.0 Å². The molecule has 1 N–H and O–H groups in total. The monoisotopic (exact) mass is 479 g/mol. The number of rotatable bonds is 7. The third-order valence-corrected chi connectivity index (χ3v) is 7.83. The van der Waals surface area contributed by atoms with E-state index in [1.165, 1.54) is 49.1 Å². The number of carbonyl (C=O) groups is 1. The predicted octanol–water partition coefficient (Wildman–Crippen LogP) is 4.76. The van der Waals surface area contributed by atoms with Crippen LogP contribution in [0, 0.1) is 0 Å². The van der Waals surface area contributed by atoms with Crippen LogP contribution in [-0.4, -0.2) is 41.6 Å². The van der Waals surface area contributed by atoms with Crippen LogP contribution in [-0.2, 0) is 10.0 Å². The number of amides is 1. The molecule has 1 amide bonds. The van der Waals surface area contributed by atoms with E-state index in [1.807, 2.05) is 24.3 Å². The van der Waals surface area contributed by atoms with E-state index in [9.17, 15) is 13.2 Å². The highest BCUT2D eigenvalue weighted by atomic mass is 32.2. The molecule has 0 bridgehead atoms. The number of hydrogen-bond acceptors (Lipinski definition) is 5. The lowest BCUT2D eigenvalue weighted by atomic mass is 10.1. The predicted molar refractivity (Wildman–Crippen MR) is 135 cm³/mol. The quantitative estimate of drug-likeness (QED) is 0.528. The van der Waals surface area contributed by atoms with Crippen LogP contribution in [0.25, 0.3) is 0 Å². The van der Waals surface area contributed by atoms with Gasteiger partial charge in [-0.1, -0.05) is 24.3 Å². The molecular formula is C26H29N3O4S. The minimum Gasteiger partial charge on any atom is -0.495 e. The minimum absolute atomic E-state index is 0.0890. The van der Waals surface area contributed by atoms with Crippen molar-refractivity contribution in [1.82, 2.24) is 0 Å². The van der Waals surface area contributed by atoms with E-state index in [4.69, 9.17) is 4.74 Å². The van der Waals surface area contributed by atoms with Crippen LogP contribution in [0.15, 0.2) is 77.7 Å². The number of carbonyl (C=O) groups excluding carboxylic acids is 1. The molecule has 0 aliphatic carbocycles. The summed E-state index contributed by atoms with van der Waals surface area (Å²) < 4.78 is 32.8. The summed E-state index contributed by atoms with van der Waals surface area (Å²) in [5, 5.41) is 2.99. The lowest BCUT2D eigenvalue weighted by molar-refractivity contribution is 0.102. The first kappa shape index (κ1) is 23.6. The molecule has 7 nitrogen and oxygen atoms in total. The van der Waals surface area contributed by atoms with Crippen LogP contribution in [0.4, 0.5) is 17.1 Å². The van der Waals surface area contributed by atoms with Crippen molar-refractivity contribution in [3.05, 3.63) is 78.4 Å². The Balaban J connectivity index is 1.52. The SMILES string of the molecule is COc1ccccc1N(C)S(=O)(=O)c1ccc(C(=O)Nc2ccccc2N2CCCCC2)cc1. The molecule has 0 radical (unpaired) electrons. The molecule has 1 fully saturated rings. The summed E-state index contributed by atoms with van der Waals surface area (Å²) >= 11 is 0. The van der Waals surface area contributed by atoms with Crippen molar-refractivity contribution in [3.8, 4) is 5.75 Å². The highest BCUT2D eigenvalue weighted by Gasteiger charge is 2.24. The molecule has 1 aliphatic rings. The number of ether oxygens (including phenoxy) is 1. The molecule has 8 heteroatoms. The van der Waals surface area contributed by atoms with Gasteiger partial charge in [-0.3, -0.25) is 9.10 Å². The number of nitrogens with one attached hydrogen (secondary N) is 1. The summed E-state index contributed by atoms with van der Waals surface area (Å²) in [5.41, 5.74) is 2.57. The molecule has 4 rings (SSSR count). The number of sulfonamides is 1. The average molecular weight is 480 g/mol. The Morgan fingerprint density at radius 3 is 2.26 bits per heavy atom. The number of nitrogens with zero attached hydrogens (tertiary/aromatic N) is 2. The third-order valence-electron chi connectivity index (χ3n) is 6.05. The molecule has 0 aromatic heterocycles. The largest absolute Gasteiger partial charge is 0.495 e. The standard InChI is InChI=1S/C26H29N3O4S/c1-28(24-12-6-7-13-25(24)33-2)34(31,32)21-16-14-20(15-17-21)26(30)27-22-10-4-5-11-23(22)29-18-8-3-9-19-29/h4-7,10-17H,3,8-9,18-19H2,1-2H3,(H,27,30). The van der Waals surface area contributed by atoms with E-state index < -0.39 is 10.0 Å². The fraction of sp³-hybridized carbons (Fsp3) is 0.269. The number of benzene rings is 3. The van der Waals surface area contributed by atoms with Gasteiger partial charge in [0.25, 0.3) is 15.9 Å². The summed E-state index contributed by atoms with van der Waals surface area (Å²) in [6.07, 6.45) is 3.51. The molecule has 0 spiro atoms. The van der Waals surface area contributed by atoms with Gasteiger partial charge in [0.15, 0.2) is 0 Å². The maximum absolute atomic E-state index is 13.2. The number of para-hydroxylation sites is 4. The zero-order chi connectivity index (χ0) is 24.1. The Bertz CT molecular complexity index is 1250. The second-order valence-corrected chi connectivity index (χ2v) is 10.2. The Labute approximate surface area is 201 Å². The molecule has 1 heterocycles. The molecule has 0 unspecified atom stereocenters. The highest BCUT2D eigenvalue weighted by Crippen LogP contribution is 2.31. The molecular weight excluding hydrogens is 450 g/mol. The van der Waals surface area contributed by atoms with Crippen LogP contribution >= 0.6 is 0 Å². The fourth-order valence-electron chi connectivity index (χ4n) is 4.14. The lowest BCUT2D eigenvalue weighted by Crippen LogP contribution is -2.30. The minimum atomic E-state index is -3.83. The van der Waals surface area contributed by atoms with Gasteiger partial charge >= 0.3 is 0 Å². The van der Waals surface area contributed by atoms with E-state index in [1.54, 1.807) is 24.3 Å². The Hall–Kier alpha value is -3.52. The summed E-state index contributed by atoms with van der Waals surface area (Å²) in [7, 11) is -0.859. The van der Waals surface area contributed by atoms with Gasteiger partial charge in [0.05, 0.1) is 29.1 Å². The lowest BCUT2D eigenvalue weighted by Gasteiger charge is -2.30. The number of hydrogen-bond donors (Lipinski definition) is 1. The zero-order valence-electron chi connectivity index (χ0n) is 19.4. The topological polar surface area (TPSA) is 78.9 Å². The molecule has 34 heavy (non-hydrogen) atoms. The van der Waals surface area contributed by atoms with E-state index in [0.29, 0.717) is 17.0 Å². The van der Waals surface area contributed by atoms with Crippen LogP contribution in [0.5, 0.6) is 5.75 Å². The van der Waals surface area contributed by atoms with Gasteiger partial charge in [-0.15, -0.1) is 0 Å². The molecule has 0 saturated carbocycles. The van der Waals surface area contributed by atoms with Gasteiger partial charge in [-0.05, 0) is 67.8 Å². The highest BCUT2D eigenvalue weighted by molar-refractivity contribution is 7.92. The molecule has 0 atom stereocenters. The fourth-order valence-corrected chi connectivity index (χ4v) is 5.35. The number of methoxy groups -OCH3 is 1. The summed E-state index contributed by atoms with van der Waals surface area (Å²) in [6.45, 7) is 1.94. The number of anilines is 3. The van der Waals surface area contributed by atoms with Gasteiger partial charge in [0.2, 0.25) is 0 Å². The van der Waals surface area contributed by atoms with Crippen molar-refractivity contribution in [2.24, 2.45) is 0 Å². The maximum Gasteiger partial charge on any atom is 0.264 e. The molecule has 3 aromatic carbocycles. The van der Waals surface area contributed by atoms with Crippen LogP contribution in [0.2, 0.25) is 0 Å². The van der Waals surface area contributed by atoms with Crippen LogP contribution in [0.1, 0.15) is 29.6 Å². The van der Waals surface area contributed by atoms with E-state index in [0.717, 1.165) is 37.3 Å². The summed E-state index contributed by atoms with van der Waals surface area (Å²) in [6, 6.07) is 20.6. The second-order valence-electron chi connectivity index (χ2n) is 8.19. The first-order valence-corrected chi connectivity index (χ1v) is 12.7. The summed E-state index contributed by atoms with van der Waals surface area (Å²) in [5.74, 6) is 0.170. The molecule has 1 saturated heterocycles. The molecule has 178 valence electrons. The Morgan fingerprint density at radius 1 is 0.912 bits per heavy atom. The van der Waals surface area contributed by atoms with Crippen LogP contribution < -0.4 is 19.3 Å². The Morgan fingerprint density at radius 2 is 1.56 bits per heavy atom. The van der Waals surface area contributed by atoms with Crippen LogP contribution in [0.3, 0.4) is 0 Å². The van der Waals surface area contributed by atoms with Gasteiger partial charge in [0.1, 0.15) is 5.75 Å². The maximum atomic E-state index is 13.2. The van der Waals surface area contributed by atoms with Gasteiger partial charge in [-0.2, -0.15) is 0 Å². The molecule has 1 aliphatic heterocycles. The van der Waals surface area contributed by atoms with Gasteiger partial charge < -0.3 is 15.0 Å². The Kier molecular flexibility index (Phi) is 7.07. The van der Waals surface area contributed by atoms with Crippen molar-refractivity contribution < 1.29 is 17.9 Å². The third kappa shape index (κ3) is 4.87. The van der Waals surface area contributed by atoms with Crippen molar-refractivity contribution in [3.63, 3.8) is 0 Å². The van der Waals surface area contributed by atoms with E-state index >= 15 is 0 Å². The zero-order valence-corrected chi connectivity index (χ0v) is 20.2. The summed E-state index contributed by atoms with van der Waals surface area (Å²) in [4.78, 5) is 15.3. The van der Waals surface area contributed by atoms with E-state index in [2.05, 4.69) is 10.2 Å². The van der Waals surface area contributed by atoms with Gasteiger partial charge in [-0.25, -0.2) is 8.42 Å². The first-order chi connectivity index (χ1) is 16.4. The normalized spacial score (nSPS) is 13.9. The second kappa shape index (κ2) is 10.2. The first-order valence-electron chi connectivity index (χ1n) is 11.3. The molecule has 3 aromatic rings. The average Bonchev–Trinajstić information content (AvgIpc) is 2.89. The van der Waals surface area contributed by atoms with Gasteiger partial charge in [0, 0.05) is 25.7 Å². The van der Waals surface area contributed by atoms with Crippen molar-refractivity contribution in [2.45, 2.75) is 24.2 Å². The van der Waals surface area contributed by atoms with E-state index in [-0.39, 0.29) is 10.8 Å². The number of piperidine rings is 1. The smallest absolute Gasteiger partial charge is 0.264 e. The van der Waals surface area contributed by atoms with Crippen molar-refractivity contribution in [2.75, 3.05) is 41.8 Å².